The maximum absolute atomic E-state index is 11.1. The Morgan fingerprint density at radius 1 is 1.32 bits per heavy atom. The number of fused-ring (bicyclic) bond motifs is 1. The number of hydroxylamine groups is 1. The van der Waals surface area contributed by atoms with E-state index in [0.29, 0.717) is 0 Å². The first-order valence-electron chi connectivity index (χ1n) is 8.04. The number of imidazole rings is 1. The Kier molecular flexibility index (Phi) is 5.53. The highest BCUT2D eigenvalue weighted by atomic mass is 32.2. The van der Waals surface area contributed by atoms with Crippen molar-refractivity contribution < 1.29 is 10.0 Å². The number of aromatic nitrogens is 2. The standard InChI is InChI=1S/C19H19N3O2S/c1-2-10-25-15-7-8-16-17(12-15)21-19(20-16)14-5-3-4-13(11-14)6-9-18(23)22-24/h3-9,11-12,24H,2,10H2,1H3,(H,20,21)(H,22,23)/b9-6+. The second kappa shape index (κ2) is 8.00. The maximum atomic E-state index is 11.1. The van der Waals surface area contributed by atoms with Gasteiger partial charge in [0.2, 0.25) is 0 Å². The van der Waals surface area contributed by atoms with Crippen LogP contribution in [-0.2, 0) is 4.79 Å². The number of carbonyl (C=O) groups excluding carboxylic acids is 1. The number of hydrogen-bond acceptors (Lipinski definition) is 4. The lowest BCUT2D eigenvalue weighted by Gasteiger charge is -1.99. The summed E-state index contributed by atoms with van der Waals surface area (Å²) in [5.41, 5.74) is 5.29. The highest BCUT2D eigenvalue weighted by molar-refractivity contribution is 7.99. The fourth-order valence-electron chi connectivity index (χ4n) is 2.43. The monoisotopic (exact) mass is 353 g/mol. The minimum absolute atomic E-state index is 0.564. The highest BCUT2D eigenvalue weighted by Crippen LogP contribution is 2.26. The zero-order valence-electron chi connectivity index (χ0n) is 13.8. The van der Waals surface area contributed by atoms with E-state index in [-0.39, 0.29) is 0 Å². The van der Waals surface area contributed by atoms with Crippen molar-refractivity contribution in [1.29, 1.82) is 0 Å². The van der Waals surface area contributed by atoms with Crippen LogP contribution in [0.15, 0.2) is 53.4 Å². The summed E-state index contributed by atoms with van der Waals surface area (Å²) in [7, 11) is 0. The Hall–Kier alpha value is -2.57. The van der Waals surface area contributed by atoms with Crippen LogP contribution in [0.2, 0.25) is 0 Å². The van der Waals surface area contributed by atoms with Crippen LogP contribution in [0.3, 0.4) is 0 Å². The van der Waals surface area contributed by atoms with Crippen LogP contribution < -0.4 is 5.48 Å². The lowest BCUT2D eigenvalue weighted by Crippen LogP contribution is -2.14. The van der Waals surface area contributed by atoms with Crippen molar-refractivity contribution in [1.82, 2.24) is 15.4 Å². The van der Waals surface area contributed by atoms with Crippen LogP contribution in [0.4, 0.5) is 0 Å². The molecule has 3 rings (SSSR count). The maximum Gasteiger partial charge on any atom is 0.267 e. The number of nitrogens with zero attached hydrogens (tertiary/aromatic N) is 1. The van der Waals surface area contributed by atoms with E-state index in [1.54, 1.807) is 11.6 Å². The first-order chi connectivity index (χ1) is 12.2. The number of rotatable bonds is 6. The number of carbonyl (C=O) groups is 1. The SMILES string of the molecule is CCCSc1ccc2nc(-c3cccc(/C=C/C(=O)NO)c3)[nH]c2c1. The fourth-order valence-corrected chi connectivity index (χ4v) is 3.24. The first-order valence-corrected chi connectivity index (χ1v) is 9.03. The molecule has 0 saturated carbocycles. The van der Waals surface area contributed by atoms with E-state index < -0.39 is 5.91 Å². The zero-order valence-corrected chi connectivity index (χ0v) is 14.6. The Morgan fingerprint density at radius 2 is 2.20 bits per heavy atom. The van der Waals surface area contributed by atoms with Crippen molar-refractivity contribution in [2.75, 3.05) is 5.75 Å². The van der Waals surface area contributed by atoms with E-state index in [0.717, 1.165) is 40.2 Å². The summed E-state index contributed by atoms with van der Waals surface area (Å²) in [5.74, 6) is 1.32. The second-order valence-corrected chi connectivity index (χ2v) is 6.72. The summed E-state index contributed by atoms with van der Waals surface area (Å²) >= 11 is 1.84. The molecule has 6 heteroatoms. The molecule has 1 amide bonds. The molecule has 2 aromatic carbocycles. The molecular formula is C19H19N3O2S. The predicted molar refractivity (Wildman–Crippen MR) is 102 cm³/mol. The van der Waals surface area contributed by atoms with Crippen molar-refractivity contribution in [3.63, 3.8) is 0 Å². The molecule has 128 valence electrons. The van der Waals surface area contributed by atoms with Crippen molar-refractivity contribution in [3.8, 4) is 11.4 Å². The highest BCUT2D eigenvalue weighted by Gasteiger charge is 2.07. The van der Waals surface area contributed by atoms with E-state index in [9.17, 15) is 4.79 Å². The number of thioether (sulfide) groups is 1. The summed E-state index contributed by atoms with van der Waals surface area (Å²) < 4.78 is 0. The minimum Gasteiger partial charge on any atom is -0.338 e. The van der Waals surface area contributed by atoms with E-state index in [4.69, 9.17) is 5.21 Å². The van der Waals surface area contributed by atoms with Gasteiger partial charge in [0.05, 0.1) is 11.0 Å². The molecule has 25 heavy (non-hydrogen) atoms. The predicted octanol–water partition coefficient (Wildman–Crippen LogP) is 4.25. The number of benzene rings is 2. The number of aromatic amines is 1. The van der Waals surface area contributed by atoms with Crippen LogP contribution in [0.1, 0.15) is 18.9 Å². The zero-order chi connectivity index (χ0) is 17.6. The number of hydrogen-bond donors (Lipinski definition) is 3. The largest absolute Gasteiger partial charge is 0.338 e. The molecule has 0 aliphatic carbocycles. The van der Waals surface area contributed by atoms with Gasteiger partial charge in [-0.25, -0.2) is 10.5 Å². The average Bonchev–Trinajstić information content (AvgIpc) is 3.08. The first kappa shape index (κ1) is 17.3. The van der Waals surface area contributed by atoms with Gasteiger partial charge >= 0.3 is 0 Å². The molecule has 0 fully saturated rings. The lowest BCUT2D eigenvalue weighted by molar-refractivity contribution is -0.124. The summed E-state index contributed by atoms with van der Waals surface area (Å²) in [5, 5.41) is 8.53. The number of amides is 1. The van der Waals surface area contributed by atoms with Gasteiger partial charge in [-0.1, -0.05) is 25.1 Å². The van der Waals surface area contributed by atoms with Gasteiger partial charge in [-0.05, 0) is 48.1 Å². The number of H-pyrrole nitrogens is 1. The van der Waals surface area contributed by atoms with E-state index in [2.05, 4.69) is 29.0 Å². The third-order valence-corrected chi connectivity index (χ3v) is 4.82. The molecule has 0 bridgehead atoms. The molecule has 5 nitrogen and oxygen atoms in total. The van der Waals surface area contributed by atoms with E-state index >= 15 is 0 Å². The molecule has 0 unspecified atom stereocenters. The average molecular weight is 353 g/mol. The molecule has 0 aliphatic heterocycles. The van der Waals surface area contributed by atoms with Crippen molar-refractivity contribution in [2.45, 2.75) is 18.2 Å². The molecule has 0 aliphatic rings. The van der Waals surface area contributed by atoms with Gasteiger partial charge in [-0.15, -0.1) is 11.8 Å². The van der Waals surface area contributed by atoms with E-state index in [1.807, 2.05) is 42.1 Å². The Morgan fingerprint density at radius 3 is 3.00 bits per heavy atom. The van der Waals surface area contributed by atoms with Crippen LogP contribution >= 0.6 is 11.8 Å². The van der Waals surface area contributed by atoms with Crippen molar-refractivity contribution in [2.24, 2.45) is 0 Å². The quantitative estimate of drug-likeness (QED) is 0.268. The van der Waals surface area contributed by atoms with Gasteiger partial charge < -0.3 is 4.98 Å². The second-order valence-electron chi connectivity index (χ2n) is 5.55. The number of nitrogens with one attached hydrogen (secondary N) is 2. The summed E-state index contributed by atoms with van der Waals surface area (Å²) in [6.07, 6.45) is 4.05. The van der Waals surface area contributed by atoms with Gasteiger partial charge in [0, 0.05) is 16.5 Å². The topological polar surface area (TPSA) is 78.0 Å². The van der Waals surface area contributed by atoms with Gasteiger partial charge in [-0.2, -0.15) is 0 Å². The molecule has 3 N–H and O–H groups in total. The Bertz CT molecular complexity index is 918. The molecule has 1 aromatic heterocycles. The fraction of sp³-hybridized carbons (Fsp3) is 0.158. The van der Waals surface area contributed by atoms with E-state index in [1.165, 1.54) is 11.0 Å². The smallest absolute Gasteiger partial charge is 0.267 e. The van der Waals surface area contributed by atoms with Crippen molar-refractivity contribution in [3.05, 3.63) is 54.1 Å². The third-order valence-electron chi connectivity index (χ3n) is 3.62. The summed E-state index contributed by atoms with van der Waals surface area (Å²) in [6.45, 7) is 2.17. The molecule has 0 saturated heterocycles. The van der Waals surface area contributed by atoms with Crippen LogP contribution in [-0.4, -0.2) is 26.8 Å². The Balaban J connectivity index is 1.88. The normalized spacial score (nSPS) is 11.3. The molecule has 0 radical (unpaired) electrons. The molecule has 3 aromatic rings. The minimum atomic E-state index is -0.564. The van der Waals surface area contributed by atoms with Gasteiger partial charge in [0.25, 0.3) is 5.91 Å². The van der Waals surface area contributed by atoms with Crippen LogP contribution in [0.5, 0.6) is 0 Å². The van der Waals surface area contributed by atoms with Gasteiger partial charge in [0.15, 0.2) is 0 Å². The van der Waals surface area contributed by atoms with Crippen molar-refractivity contribution >= 4 is 34.8 Å². The molecule has 0 atom stereocenters. The van der Waals surface area contributed by atoms with Gasteiger partial charge in [0.1, 0.15) is 5.82 Å². The summed E-state index contributed by atoms with van der Waals surface area (Å²) in [4.78, 5) is 20.3. The molecule has 1 heterocycles. The Labute approximate surface area is 150 Å². The van der Waals surface area contributed by atoms with Crippen LogP contribution in [0, 0.1) is 0 Å². The molecular weight excluding hydrogens is 334 g/mol. The van der Waals surface area contributed by atoms with Crippen LogP contribution in [0.25, 0.3) is 28.5 Å². The van der Waals surface area contributed by atoms with Gasteiger partial charge in [-0.3, -0.25) is 10.0 Å². The third kappa shape index (κ3) is 4.29. The lowest BCUT2D eigenvalue weighted by atomic mass is 10.1. The molecule has 0 spiro atoms. The summed E-state index contributed by atoms with van der Waals surface area (Å²) in [6, 6.07) is 13.9.